The number of nitrogens with zero attached hydrogens (tertiary/aromatic N) is 1. The summed E-state index contributed by atoms with van der Waals surface area (Å²) in [5.74, 6) is 2.72. The van der Waals surface area contributed by atoms with Crippen molar-refractivity contribution in [2.24, 2.45) is 23.2 Å². The molecule has 0 atom stereocenters. The lowest BCUT2D eigenvalue weighted by atomic mass is 9.49. The van der Waals surface area contributed by atoms with Gasteiger partial charge in [-0.15, -0.1) is 12.4 Å². The van der Waals surface area contributed by atoms with Gasteiger partial charge in [0, 0.05) is 38.4 Å². The molecule has 1 aliphatic heterocycles. The van der Waals surface area contributed by atoms with Crippen LogP contribution in [0.15, 0.2) is 18.2 Å². The van der Waals surface area contributed by atoms with E-state index in [1.165, 1.54) is 38.5 Å². The van der Waals surface area contributed by atoms with Gasteiger partial charge < -0.3 is 15.5 Å². The van der Waals surface area contributed by atoms with Gasteiger partial charge in [-0.1, -0.05) is 11.6 Å². The molecule has 0 unspecified atom stereocenters. The molecule has 2 N–H and O–H groups in total. The zero-order chi connectivity index (χ0) is 18.4. The Morgan fingerprint density at radius 1 is 1.11 bits per heavy atom. The average molecular weight is 424 g/mol. The third-order valence-corrected chi connectivity index (χ3v) is 7.78. The Morgan fingerprint density at radius 2 is 1.71 bits per heavy atom. The highest BCUT2D eigenvalue weighted by atomic mass is 35.5. The Labute approximate surface area is 179 Å². The molecule has 4 saturated carbocycles. The van der Waals surface area contributed by atoms with Crippen molar-refractivity contribution in [2.45, 2.75) is 38.5 Å². The van der Waals surface area contributed by atoms with Crippen LogP contribution in [0.5, 0.6) is 0 Å². The van der Waals surface area contributed by atoms with Crippen LogP contribution in [0, 0.1) is 23.2 Å². The molecule has 1 amide bonds. The molecule has 5 aliphatic rings. The van der Waals surface area contributed by atoms with Gasteiger partial charge in [0.05, 0.1) is 10.6 Å². The molecule has 0 spiro atoms. The van der Waals surface area contributed by atoms with Crippen LogP contribution >= 0.6 is 24.0 Å². The lowest BCUT2D eigenvalue weighted by Crippen LogP contribution is -2.51. The van der Waals surface area contributed by atoms with E-state index in [4.69, 9.17) is 11.6 Å². The molecule has 4 bridgehead atoms. The van der Waals surface area contributed by atoms with Gasteiger partial charge in [-0.05, 0) is 79.9 Å². The molecule has 154 valence electrons. The topological polar surface area (TPSA) is 44.4 Å². The molecule has 0 radical (unpaired) electrons. The average Bonchev–Trinajstić information content (AvgIpc) is 2.66. The quantitative estimate of drug-likeness (QED) is 0.765. The van der Waals surface area contributed by atoms with Gasteiger partial charge in [0.15, 0.2) is 0 Å². The molecule has 1 heterocycles. The summed E-state index contributed by atoms with van der Waals surface area (Å²) in [5, 5.41) is 7.17. The number of piperazine rings is 1. The van der Waals surface area contributed by atoms with E-state index in [0.29, 0.717) is 16.0 Å². The van der Waals surface area contributed by atoms with Crippen LogP contribution in [-0.2, 0) is 0 Å². The smallest absolute Gasteiger partial charge is 0.252 e. The second kappa shape index (κ2) is 8.04. The van der Waals surface area contributed by atoms with Gasteiger partial charge in [0.25, 0.3) is 5.91 Å². The predicted octanol–water partition coefficient (Wildman–Crippen LogP) is 4.12. The number of hydrogen-bond donors (Lipinski definition) is 2. The van der Waals surface area contributed by atoms with E-state index in [-0.39, 0.29) is 18.3 Å². The Morgan fingerprint density at radius 3 is 2.29 bits per heavy atom. The molecule has 1 saturated heterocycles. The minimum absolute atomic E-state index is 0. The summed E-state index contributed by atoms with van der Waals surface area (Å²) in [6.45, 7) is 4.77. The third kappa shape index (κ3) is 3.88. The fraction of sp³-hybridized carbons (Fsp3) is 0.682. The van der Waals surface area contributed by atoms with Gasteiger partial charge in [-0.25, -0.2) is 0 Å². The second-order valence-corrected chi connectivity index (χ2v) is 9.91. The number of amides is 1. The first kappa shape index (κ1) is 20.3. The van der Waals surface area contributed by atoms with Crippen LogP contribution in [0.25, 0.3) is 0 Å². The summed E-state index contributed by atoms with van der Waals surface area (Å²) >= 11 is 6.50. The highest BCUT2D eigenvalue weighted by Crippen LogP contribution is 2.59. The van der Waals surface area contributed by atoms with Crippen molar-refractivity contribution in [3.05, 3.63) is 28.8 Å². The van der Waals surface area contributed by atoms with E-state index < -0.39 is 0 Å². The monoisotopic (exact) mass is 423 g/mol. The first-order chi connectivity index (χ1) is 13.1. The van der Waals surface area contributed by atoms with Gasteiger partial charge in [0.1, 0.15) is 0 Å². The molecule has 28 heavy (non-hydrogen) atoms. The third-order valence-electron chi connectivity index (χ3n) is 7.47. The molecule has 6 rings (SSSR count). The summed E-state index contributed by atoms with van der Waals surface area (Å²) in [6, 6.07) is 5.89. The first-order valence-corrected chi connectivity index (χ1v) is 11.0. The first-order valence-electron chi connectivity index (χ1n) is 10.6. The fourth-order valence-electron chi connectivity index (χ4n) is 6.68. The molecule has 6 heteroatoms. The van der Waals surface area contributed by atoms with Gasteiger partial charge in [-0.2, -0.15) is 0 Å². The van der Waals surface area contributed by atoms with Crippen molar-refractivity contribution < 1.29 is 4.79 Å². The van der Waals surface area contributed by atoms with Crippen LogP contribution < -0.4 is 15.5 Å². The van der Waals surface area contributed by atoms with Crippen LogP contribution in [-0.4, -0.2) is 38.6 Å². The van der Waals surface area contributed by atoms with Crippen molar-refractivity contribution >= 4 is 35.6 Å². The Hall–Kier alpha value is -0.970. The van der Waals surface area contributed by atoms with Crippen LogP contribution in [0.2, 0.25) is 5.02 Å². The van der Waals surface area contributed by atoms with Crippen molar-refractivity contribution in [1.82, 2.24) is 10.6 Å². The lowest BCUT2D eigenvalue weighted by Gasteiger charge is -2.56. The number of rotatable bonds is 4. The second-order valence-electron chi connectivity index (χ2n) is 9.50. The van der Waals surface area contributed by atoms with E-state index >= 15 is 0 Å². The van der Waals surface area contributed by atoms with E-state index in [2.05, 4.69) is 15.5 Å². The summed E-state index contributed by atoms with van der Waals surface area (Å²) in [7, 11) is 0. The number of hydrogen-bond acceptors (Lipinski definition) is 3. The molecular weight excluding hydrogens is 393 g/mol. The van der Waals surface area contributed by atoms with Crippen LogP contribution in [0.4, 0.5) is 5.69 Å². The summed E-state index contributed by atoms with van der Waals surface area (Å²) < 4.78 is 0. The van der Waals surface area contributed by atoms with Crippen LogP contribution in [0.3, 0.4) is 0 Å². The van der Waals surface area contributed by atoms with Crippen molar-refractivity contribution in [2.75, 3.05) is 37.6 Å². The van der Waals surface area contributed by atoms with E-state index in [0.717, 1.165) is 56.2 Å². The number of anilines is 1. The fourth-order valence-corrected chi connectivity index (χ4v) is 6.94. The zero-order valence-corrected chi connectivity index (χ0v) is 18.0. The standard InChI is InChI=1S/C22H30ClN3O.ClH/c23-20-10-18(26-5-3-24-4-6-26)1-2-19(20)21(27)25-14-22-11-15-7-16(12-22)9-17(8-15)13-22;/h1-2,10,15-17,24H,3-9,11-14H2,(H,25,27);1H. The van der Waals surface area contributed by atoms with E-state index in [9.17, 15) is 4.79 Å². The SMILES string of the molecule is Cl.O=C(NCC12CC3CC(CC(C3)C1)C2)c1ccc(N2CCNCC2)cc1Cl. The zero-order valence-electron chi connectivity index (χ0n) is 16.4. The number of halogens is 2. The molecule has 4 nitrogen and oxygen atoms in total. The number of benzene rings is 1. The maximum atomic E-state index is 12.8. The van der Waals surface area contributed by atoms with Crippen LogP contribution in [0.1, 0.15) is 48.9 Å². The summed E-state index contributed by atoms with van der Waals surface area (Å²) in [6.07, 6.45) is 8.25. The Bertz CT molecular complexity index is 697. The van der Waals surface area contributed by atoms with E-state index in [1.54, 1.807) is 0 Å². The minimum Gasteiger partial charge on any atom is -0.369 e. The molecule has 5 fully saturated rings. The highest BCUT2D eigenvalue weighted by Gasteiger charge is 2.50. The number of carbonyl (C=O) groups excluding carboxylic acids is 1. The maximum absolute atomic E-state index is 12.8. The van der Waals surface area contributed by atoms with Gasteiger partial charge in [-0.3, -0.25) is 4.79 Å². The van der Waals surface area contributed by atoms with E-state index in [1.807, 2.05) is 18.2 Å². The molecule has 1 aromatic rings. The number of carbonyl (C=O) groups is 1. The lowest BCUT2D eigenvalue weighted by molar-refractivity contribution is -0.0503. The summed E-state index contributed by atoms with van der Waals surface area (Å²) in [4.78, 5) is 15.1. The molecule has 0 aromatic heterocycles. The predicted molar refractivity (Wildman–Crippen MR) is 117 cm³/mol. The van der Waals surface area contributed by atoms with Gasteiger partial charge >= 0.3 is 0 Å². The summed E-state index contributed by atoms with van der Waals surface area (Å²) in [5.41, 5.74) is 2.08. The highest BCUT2D eigenvalue weighted by molar-refractivity contribution is 6.34. The Kier molecular flexibility index (Phi) is 5.83. The molecular formula is C22H31Cl2N3O. The van der Waals surface area contributed by atoms with Crippen molar-refractivity contribution in [3.8, 4) is 0 Å². The number of nitrogens with one attached hydrogen (secondary N) is 2. The van der Waals surface area contributed by atoms with Gasteiger partial charge in [0.2, 0.25) is 0 Å². The normalized spacial score (nSPS) is 33.5. The minimum atomic E-state index is -0.0115. The van der Waals surface area contributed by atoms with Crippen molar-refractivity contribution in [1.29, 1.82) is 0 Å². The van der Waals surface area contributed by atoms with Crippen molar-refractivity contribution in [3.63, 3.8) is 0 Å². The maximum Gasteiger partial charge on any atom is 0.252 e. The Balaban J connectivity index is 0.00000192. The molecule has 1 aromatic carbocycles. The molecule has 4 aliphatic carbocycles. The largest absolute Gasteiger partial charge is 0.369 e.